The first-order valence-corrected chi connectivity index (χ1v) is 6.28. The molecule has 22 heavy (non-hydrogen) atoms. The van der Waals surface area contributed by atoms with Crippen molar-refractivity contribution in [2.24, 2.45) is 0 Å². The molecule has 3 rings (SSSR count). The van der Waals surface area contributed by atoms with E-state index in [1.807, 2.05) is 0 Å². The lowest BCUT2D eigenvalue weighted by molar-refractivity contribution is 0.0880. The molecule has 5 N–H and O–H groups in total. The van der Waals surface area contributed by atoms with Crippen molar-refractivity contribution in [1.82, 2.24) is 9.88 Å². The first kappa shape index (κ1) is 14.0. The molecular weight excluding hydrogens is 289 g/mol. The van der Waals surface area contributed by atoms with E-state index >= 15 is 0 Å². The van der Waals surface area contributed by atoms with Crippen LogP contribution in [0.5, 0.6) is 0 Å². The second-order valence-electron chi connectivity index (χ2n) is 4.74. The molecule has 1 aliphatic rings. The van der Waals surface area contributed by atoms with Gasteiger partial charge in [0.1, 0.15) is 5.82 Å². The summed E-state index contributed by atoms with van der Waals surface area (Å²) in [5.41, 5.74) is 5.78. The number of hydrogen-bond acceptors (Lipinski definition) is 6. The van der Waals surface area contributed by atoms with Gasteiger partial charge >= 0.3 is 7.12 Å². The maximum absolute atomic E-state index is 12.2. The van der Waals surface area contributed by atoms with Crippen LogP contribution in [0.4, 0.5) is 5.82 Å². The van der Waals surface area contributed by atoms with Crippen LogP contribution in [0.3, 0.4) is 0 Å². The highest BCUT2D eigenvalue weighted by Gasteiger charge is 2.31. The Morgan fingerprint density at radius 3 is 2.27 bits per heavy atom. The van der Waals surface area contributed by atoms with Crippen molar-refractivity contribution in [3.63, 3.8) is 0 Å². The van der Waals surface area contributed by atoms with Crippen molar-refractivity contribution in [2.45, 2.75) is 0 Å². The van der Waals surface area contributed by atoms with Crippen LogP contribution in [-0.2, 0) is 0 Å². The lowest BCUT2D eigenvalue weighted by Crippen LogP contribution is -2.30. The number of aromatic nitrogens is 1. The van der Waals surface area contributed by atoms with Crippen molar-refractivity contribution in [2.75, 3.05) is 5.73 Å². The van der Waals surface area contributed by atoms with Crippen LogP contribution in [0.25, 0.3) is 5.69 Å². The number of nitrogen functional groups attached to an aromatic ring is 1. The highest BCUT2D eigenvalue weighted by Crippen LogP contribution is 2.22. The molecule has 0 atom stereocenters. The molecule has 1 aromatic heterocycles. The van der Waals surface area contributed by atoms with E-state index < -0.39 is 24.5 Å². The van der Waals surface area contributed by atoms with Gasteiger partial charge in [0.15, 0.2) is 0 Å². The zero-order valence-corrected chi connectivity index (χ0v) is 11.1. The van der Waals surface area contributed by atoms with Gasteiger partial charge in [-0.15, -0.1) is 0 Å². The van der Waals surface area contributed by atoms with Crippen LogP contribution in [0.2, 0.25) is 0 Å². The molecule has 1 aliphatic heterocycles. The normalized spacial score (nSPS) is 13.0. The average Bonchev–Trinajstić information content (AvgIpc) is 2.74. The van der Waals surface area contributed by atoms with Crippen molar-refractivity contribution in [3.8, 4) is 5.69 Å². The van der Waals surface area contributed by atoms with Gasteiger partial charge in [-0.25, -0.2) is 0 Å². The Morgan fingerprint density at radius 1 is 1.05 bits per heavy atom. The summed E-state index contributed by atoms with van der Waals surface area (Å²) in [6, 6.07) is 6.76. The number of carbonyl (C=O) groups is 2. The second kappa shape index (κ2) is 4.83. The van der Waals surface area contributed by atoms with Gasteiger partial charge in [-0.1, -0.05) is 12.1 Å². The predicted octanol–water partition coefficient (Wildman–Crippen LogP) is -2.02. The van der Waals surface area contributed by atoms with E-state index in [1.165, 1.54) is 24.3 Å². The van der Waals surface area contributed by atoms with Gasteiger partial charge in [0, 0.05) is 6.07 Å². The maximum atomic E-state index is 12.2. The zero-order valence-electron chi connectivity index (χ0n) is 11.1. The summed E-state index contributed by atoms with van der Waals surface area (Å²) in [7, 11) is -1.63. The van der Waals surface area contributed by atoms with E-state index in [2.05, 4.69) is 5.32 Å². The summed E-state index contributed by atoms with van der Waals surface area (Å²) in [6.07, 6.45) is 0. The Kier molecular flexibility index (Phi) is 3.08. The quantitative estimate of drug-likeness (QED) is 0.373. The summed E-state index contributed by atoms with van der Waals surface area (Å²) >= 11 is 0. The number of amides is 2. The SMILES string of the molecule is Nc1c2c(cc(=O)n1-c1ccc(B(O)O)cc1)C(=O)NC2=O. The Balaban J connectivity index is 2.20. The van der Waals surface area contributed by atoms with E-state index in [-0.39, 0.29) is 22.4 Å². The first-order chi connectivity index (χ1) is 10.4. The number of carbonyl (C=O) groups excluding carboxylic acids is 2. The zero-order chi connectivity index (χ0) is 16.0. The number of fused-ring (bicyclic) bond motifs is 1. The third-order valence-corrected chi connectivity index (χ3v) is 3.40. The Bertz CT molecular complexity index is 857. The summed E-state index contributed by atoms with van der Waals surface area (Å²) in [5, 5.41) is 20.2. The van der Waals surface area contributed by atoms with E-state index in [0.29, 0.717) is 5.69 Å². The van der Waals surface area contributed by atoms with Crippen LogP contribution < -0.4 is 22.1 Å². The maximum Gasteiger partial charge on any atom is 0.488 e. The van der Waals surface area contributed by atoms with Crippen LogP contribution in [-0.4, -0.2) is 33.5 Å². The molecule has 0 aliphatic carbocycles. The first-order valence-electron chi connectivity index (χ1n) is 6.28. The van der Waals surface area contributed by atoms with Crippen molar-refractivity contribution < 1.29 is 19.6 Å². The van der Waals surface area contributed by atoms with Gasteiger partial charge in [0.25, 0.3) is 17.4 Å². The number of imide groups is 1. The molecule has 0 fully saturated rings. The minimum absolute atomic E-state index is 0.0455. The minimum atomic E-state index is -1.63. The Labute approximate surface area is 123 Å². The molecular formula is C13H10BN3O5. The van der Waals surface area contributed by atoms with E-state index in [9.17, 15) is 14.4 Å². The van der Waals surface area contributed by atoms with E-state index in [1.54, 1.807) is 0 Å². The highest BCUT2D eigenvalue weighted by molar-refractivity contribution is 6.58. The van der Waals surface area contributed by atoms with Crippen molar-refractivity contribution in [3.05, 3.63) is 51.8 Å². The predicted molar refractivity (Wildman–Crippen MR) is 78.1 cm³/mol. The minimum Gasteiger partial charge on any atom is -0.423 e. The number of nitrogens with zero attached hydrogens (tertiary/aromatic N) is 1. The molecule has 2 heterocycles. The molecule has 8 nitrogen and oxygen atoms in total. The lowest BCUT2D eigenvalue weighted by atomic mass is 9.80. The van der Waals surface area contributed by atoms with E-state index in [4.69, 9.17) is 15.8 Å². The van der Waals surface area contributed by atoms with Gasteiger partial charge in [0.05, 0.1) is 16.8 Å². The fraction of sp³-hybridized carbons (Fsp3) is 0. The molecule has 0 bridgehead atoms. The number of anilines is 1. The number of nitrogens with one attached hydrogen (secondary N) is 1. The summed E-state index contributed by atoms with van der Waals surface area (Å²) in [4.78, 5) is 35.5. The fourth-order valence-corrected chi connectivity index (χ4v) is 2.34. The van der Waals surface area contributed by atoms with Crippen LogP contribution in [0.1, 0.15) is 20.7 Å². The topological polar surface area (TPSA) is 135 Å². The molecule has 2 amide bonds. The highest BCUT2D eigenvalue weighted by atomic mass is 16.4. The molecule has 0 spiro atoms. The summed E-state index contributed by atoms with van der Waals surface area (Å²) in [5.74, 6) is -1.47. The molecule has 1 aromatic carbocycles. The molecule has 0 saturated heterocycles. The van der Waals surface area contributed by atoms with Crippen molar-refractivity contribution >= 4 is 30.2 Å². The summed E-state index contributed by atoms with van der Waals surface area (Å²) < 4.78 is 1.07. The Morgan fingerprint density at radius 2 is 1.68 bits per heavy atom. The Hall–Kier alpha value is -2.91. The molecule has 9 heteroatoms. The summed E-state index contributed by atoms with van der Waals surface area (Å²) in [6.45, 7) is 0. The van der Waals surface area contributed by atoms with Gasteiger partial charge in [0.2, 0.25) is 0 Å². The number of hydrogen-bond donors (Lipinski definition) is 4. The molecule has 110 valence electrons. The molecule has 0 saturated carbocycles. The number of pyridine rings is 1. The van der Waals surface area contributed by atoms with Crippen LogP contribution >= 0.6 is 0 Å². The van der Waals surface area contributed by atoms with Gasteiger partial charge < -0.3 is 15.8 Å². The third kappa shape index (κ3) is 2.00. The van der Waals surface area contributed by atoms with Gasteiger partial charge in [-0.3, -0.25) is 24.3 Å². The van der Waals surface area contributed by atoms with E-state index in [0.717, 1.165) is 10.6 Å². The second-order valence-corrected chi connectivity index (χ2v) is 4.74. The fourth-order valence-electron chi connectivity index (χ4n) is 2.34. The largest absolute Gasteiger partial charge is 0.488 e. The smallest absolute Gasteiger partial charge is 0.423 e. The molecule has 0 radical (unpaired) electrons. The molecule has 2 aromatic rings. The van der Waals surface area contributed by atoms with Crippen LogP contribution in [0, 0.1) is 0 Å². The monoisotopic (exact) mass is 299 g/mol. The third-order valence-electron chi connectivity index (χ3n) is 3.40. The standard InChI is InChI=1S/C13H10BN3O5/c15-11-10-8(12(19)16-13(10)20)5-9(18)17(11)7-3-1-6(2-4-7)14(21)22/h1-5,21-22H,15H2,(H,16,19,20). The number of benzene rings is 1. The van der Waals surface area contributed by atoms with Gasteiger partial charge in [-0.2, -0.15) is 0 Å². The lowest BCUT2D eigenvalue weighted by Gasteiger charge is -2.12. The van der Waals surface area contributed by atoms with Crippen LogP contribution in [0.15, 0.2) is 35.1 Å². The number of nitrogens with two attached hydrogens (primary N) is 1. The molecule has 0 unspecified atom stereocenters. The average molecular weight is 299 g/mol. The van der Waals surface area contributed by atoms with Crippen molar-refractivity contribution in [1.29, 1.82) is 0 Å². The number of rotatable bonds is 2. The van der Waals surface area contributed by atoms with Gasteiger partial charge in [-0.05, 0) is 17.6 Å².